The molecule has 2 aromatic heterocycles. The van der Waals surface area contributed by atoms with Crippen LogP contribution in [0.25, 0.3) is 42.6 Å². The summed E-state index contributed by atoms with van der Waals surface area (Å²) < 4.78 is 8.68. The monoisotopic (exact) mass is 906 g/mol. The van der Waals surface area contributed by atoms with E-state index in [4.69, 9.17) is 4.42 Å². The maximum absolute atomic E-state index is 7.38. The van der Waals surface area contributed by atoms with E-state index >= 15 is 0 Å². The van der Waals surface area contributed by atoms with E-state index in [1.807, 2.05) is 11.3 Å². The molecule has 9 aromatic rings. The molecule has 340 valence electrons. The number of fused-ring (bicyclic) bond motifs is 7. The van der Waals surface area contributed by atoms with Gasteiger partial charge in [-0.25, -0.2) is 0 Å². The van der Waals surface area contributed by atoms with Crippen LogP contribution in [0.1, 0.15) is 115 Å². The molecule has 0 aliphatic carbocycles. The third-order valence-electron chi connectivity index (χ3n) is 14.7. The summed E-state index contributed by atoms with van der Waals surface area (Å²) in [6.07, 6.45) is 0. The summed E-state index contributed by atoms with van der Waals surface area (Å²) in [6, 6.07) is 53.5. The highest BCUT2D eigenvalue weighted by atomic mass is 32.1. The summed E-state index contributed by atoms with van der Waals surface area (Å²) in [5.41, 5.74) is 22.0. The predicted octanol–water partition coefficient (Wildman–Crippen LogP) is 16.7. The van der Waals surface area contributed by atoms with E-state index in [9.17, 15) is 0 Å². The van der Waals surface area contributed by atoms with E-state index in [0.717, 1.165) is 11.5 Å². The highest BCUT2D eigenvalue weighted by Crippen LogP contribution is 2.51. The molecule has 0 amide bonds. The quantitative estimate of drug-likeness (QED) is 0.160. The number of hydrogen-bond acceptors (Lipinski definition) is 4. The zero-order chi connectivity index (χ0) is 47.8. The van der Waals surface area contributed by atoms with E-state index < -0.39 is 0 Å². The minimum absolute atomic E-state index is 0.00352. The Kier molecular flexibility index (Phi) is 10.2. The molecule has 11 rings (SSSR count). The number of hydrogen-bond donors (Lipinski definition) is 0. The zero-order valence-electron chi connectivity index (χ0n) is 42.1. The minimum atomic E-state index is -0.102. The van der Waals surface area contributed by atoms with Gasteiger partial charge in [-0.1, -0.05) is 161 Å². The van der Waals surface area contributed by atoms with E-state index in [1.165, 1.54) is 115 Å². The second-order valence-electron chi connectivity index (χ2n) is 23.0. The molecule has 0 N–H and O–H groups in total. The Bertz CT molecular complexity index is 3420. The molecule has 0 bridgehead atoms. The van der Waals surface area contributed by atoms with Crippen LogP contribution in [0, 0.1) is 13.8 Å². The lowest BCUT2D eigenvalue weighted by molar-refractivity contribution is 0.588. The van der Waals surface area contributed by atoms with Crippen molar-refractivity contribution in [1.82, 2.24) is 0 Å². The minimum Gasteiger partial charge on any atom is -0.440 e. The van der Waals surface area contributed by atoms with Gasteiger partial charge in [-0.05, 0) is 151 Å². The van der Waals surface area contributed by atoms with Crippen LogP contribution in [0.5, 0.6) is 0 Å². The van der Waals surface area contributed by atoms with Gasteiger partial charge in [0.2, 0.25) is 5.88 Å². The van der Waals surface area contributed by atoms with Crippen LogP contribution in [0.2, 0.25) is 0 Å². The Labute approximate surface area is 408 Å². The van der Waals surface area contributed by atoms with Crippen molar-refractivity contribution >= 4 is 89.8 Å². The fraction of sp³-hybridized carbons (Fsp3) is 0.270. The van der Waals surface area contributed by atoms with Crippen LogP contribution in [0.3, 0.4) is 0 Å². The number of nitrogens with zero attached hydrogens (tertiary/aromatic N) is 2. The Morgan fingerprint density at radius 2 is 1.16 bits per heavy atom. The van der Waals surface area contributed by atoms with Crippen molar-refractivity contribution in [2.45, 2.75) is 112 Å². The molecule has 0 saturated heterocycles. The van der Waals surface area contributed by atoms with Crippen LogP contribution >= 0.6 is 11.3 Å². The van der Waals surface area contributed by atoms with E-state index in [1.54, 1.807) is 0 Å². The van der Waals surface area contributed by atoms with Gasteiger partial charge in [0.25, 0.3) is 6.71 Å². The second-order valence-corrected chi connectivity index (χ2v) is 24.1. The second kappa shape index (κ2) is 15.6. The first-order chi connectivity index (χ1) is 32.3. The summed E-state index contributed by atoms with van der Waals surface area (Å²) in [4.78, 5) is 6.42. The van der Waals surface area contributed by atoms with Crippen LogP contribution in [0.4, 0.5) is 34.3 Å². The van der Waals surface area contributed by atoms with Gasteiger partial charge >= 0.3 is 0 Å². The molecule has 7 aromatic carbocycles. The summed E-state index contributed by atoms with van der Waals surface area (Å²) in [6.45, 7) is 30.0. The number of thiophene rings is 1. The third-order valence-corrected chi connectivity index (χ3v) is 15.9. The molecule has 0 unspecified atom stereocenters. The van der Waals surface area contributed by atoms with Gasteiger partial charge in [-0.2, -0.15) is 0 Å². The van der Waals surface area contributed by atoms with E-state index in [0.29, 0.717) is 0 Å². The van der Waals surface area contributed by atoms with Crippen molar-refractivity contribution in [3.05, 3.63) is 173 Å². The lowest BCUT2D eigenvalue weighted by Gasteiger charge is -2.44. The number of rotatable bonds is 5. The van der Waals surface area contributed by atoms with Crippen molar-refractivity contribution in [2.75, 3.05) is 9.80 Å². The van der Waals surface area contributed by atoms with Crippen molar-refractivity contribution in [3.63, 3.8) is 0 Å². The normalized spacial score (nSPS) is 13.7. The molecular weight excluding hydrogens is 844 g/mol. The van der Waals surface area contributed by atoms with Crippen LogP contribution in [0.15, 0.2) is 144 Å². The Morgan fingerprint density at radius 3 is 1.82 bits per heavy atom. The molecule has 68 heavy (non-hydrogen) atoms. The Morgan fingerprint density at radius 1 is 0.529 bits per heavy atom. The predicted molar refractivity (Wildman–Crippen MR) is 296 cm³/mol. The molecular formula is C63H63BN2OS. The fourth-order valence-corrected chi connectivity index (χ4v) is 11.9. The lowest BCUT2D eigenvalue weighted by atomic mass is 9.33. The average molecular weight is 907 g/mol. The first kappa shape index (κ1) is 44.2. The van der Waals surface area contributed by atoms with Crippen molar-refractivity contribution < 1.29 is 4.42 Å². The van der Waals surface area contributed by atoms with Crippen molar-refractivity contribution in [3.8, 4) is 21.6 Å². The van der Waals surface area contributed by atoms with Gasteiger partial charge in [0.05, 0.1) is 11.4 Å². The molecule has 0 fully saturated rings. The summed E-state index contributed by atoms with van der Waals surface area (Å²) >= 11 is 1.87. The smallest absolute Gasteiger partial charge is 0.257 e. The molecule has 0 radical (unpaired) electrons. The fourth-order valence-electron chi connectivity index (χ4n) is 10.9. The number of aryl methyl sites for hydroxylation is 2. The van der Waals surface area contributed by atoms with Gasteiger partial charge in [-0.15, -0.1) is 11.3 Å². The van der Waals surface area contributed by atoms with Crippen LogP contribution in [-0.2, 0) is 16.2 Å². The van der Waals surface area contributed by atoms with E-state index in [2.05, 4.69) is 239 Å². The molecule has 5 heteroatoms. The molecule has 2 aliphatic rings. The topological polar surface area (TPSA) is 19.6 Å². The molecule has 0 saturated carbocycles. The summed E-state index contributed by atoms with van der Waals surface area (Å²) in [5, 5.41) is 2.46. The van der Waals surface area contributed by atoms with Crippen LogP contribution < -0.4 is 26.2 Å². The summed E-state index contributed by atoms with van der Waals surface area (Å²) in [7, 11) is 0. The highest BCUT2D eigenvalue weighted by Gasteiger charge is 2.47. The first-order valence-electron chi connectivity index (χ1n) is 24.6. The van der Waals surface area contributed by atoms with Gasteiger partial charge in [-0.3, -0.25) is 4.90 Å². The molecule has 0 spiro atoms. The average Bonchev–Trinajstić information content (AvgIpc) is 3.90. The van der Waals surface area contributed by atoms with Gasteiger partial charge in [0.15, 0.2) is 0 Å². The maximum atomic E-state index is 7.38. The van der Waals surface area contributed by atoms with E-state index in [-0.39, 0.29) is 28.9 Å². The molecule has 4 heterocycles. The standard InChI is InChI=1S/C63H63BN2OS/c1-37(2)43-32-52-58-53(33-43)66(59-38(3)29-46(30-39(59)4)63(11,12)13)60-57(48-36-45(62(8,9)10)25-28-54(48)67-60)64(58)49-26-23-42(56-34-41-21-17-18-22-55(41)68-56)31-51(49)65(52)50-27-24-44(61(5,6)7)35-47(50)40-19-15-14-16-20-40/h14-37H,1-13H3. The summed E-state index contributed by atoms with van der Waals surface area (Å²) in [5.74, 6) is 1.18. The van der Waals surface area contributed by atoms with Gasteiger partial charge in [0, 0.05) is 43.1 Å². The van der Waals surface area contributed by atoms with Gasteiger partial charge < -0.3 is 9.32 Å². The SMILES string of the molecule is Cc1cc(C(C)(C)C)cc(C)c1N1c2cc(C(C)C)cc3c2B(c2ccc(-c4cc5ccccc5s4)cc2N3c2ccc(C(C)(C)C)cc2-c2ccccc2)c2c1oc1ccc(C(C)(C)C)cc21. The number of anilines is 6. The van der Waals surface area contributed by atoms with Crippen molar-refractivity contribution in [1.29, 1.82) is 0 Å². The Balaban J connectivity index is 1.29. The zero-order valence-corrected chi connectivity index (χ0v) is 43.0. The number of benzene rings is 7. The largest absolute Gasteiger partial charge is 0.440 e. The molecule has 2 aliphatic heterocycles. The van der Waals surface area contributed by atoms with Gasteiger partial charge in [0.1, 0.15) is 5.58 Å². The van der Waals surface area contributed by atoms with Crippen molar-refractivity contribution in [2.24, 2.45) is 0 Å². The van der Waals surface area contributed by atoms with Crippen LogP contribution in [-0.4, -0.2) is 6.71 Å². The number of furan rings is 1. The lowest BCUT2D eigenvalue weighted by Crippen LogP contribution is -2.61. The Hall–Kier alpha value is -6.30. The molecule has 0 atom stereocenters. The first-order valence-corrected chi connectivity index (χ1v) is 25.4. The third kappa shape index (κ3) is 7.14. The maximum Gasteiger partial charge on any atom is 0.257 e. The highest BCUT2D eigenvalue weighted by molar-refractivity contribution is 7.22. The molecule has 3 nitrogen and oxygen atoms in total.